The standard InChI is InChI=1S/C12H17N4O2P/c1-9-4-6-11(7-5-9)19(3)18-15-16-8-10(2)13-14-12(16)17/h4-7,15H,8H2,1-3H3,(H,14,17). The van der Waals surface area contributed by atoms with E-state index >= 15 is 0 Å². The highest BCUT2D eigenvalue weighted by atomic mass is 31.1. The second-order valence-corrected chi connectivity index (χ2v) is 6.06. The van der Waals surface area contributed by atoms with Crippen LogP contribution in [0.3, 0.4) is 0 Å². The zero-order valence-corrected chi connectivity index (χ0v) is 12.1. The van der Waals surface area contributed by atoms with Crippen LogP contribution in [0.5, 0.6) is 0 Å². The SMILES string of the molecule is CC1=NNC(=O)N(NOP(C)c2ccc(C)cc2)C1. The fourth-order valence-corrected chi connectivity index (χ4v) is 2.43. The summed E-state index contributed by atoms with van der Waals surface area (Å²) < 4.78 is 5.55. The minimum Gasteiger partial charge on any atom is -0.256 e. The van der Waals surface area contributed by atoms with E-state index in [1.807, 2.05) is 44.8 Å². The molecule has 0 spiro atoms. The van der Waals surface area contributed by atoms with Gasteiger partial charge in [-0.15, -0.1) is 5.59 Å². The van der Waals surface area contributed by atoms with Gasteiger partial charge < -0.3 is 0 Å². The molecule has 0 fully saturated rings. The van der Waals surface area contributed by atoms with Crippen LogP contribution in [0.1, 0.15) is 12.5 Å². The number of hydrazine groups is 1. The Labute approximate surface area is 113 Å². The summed E-state index contributed by atoms with van der Waals surface area (Å²) >= 11 is 0. The van der Waals surface area contributed by atoms with E-state index < -0.39 is 8.15 Å². The molecule has 19 heavy (non-hydrogen) atoms. The second kappa shape index (κ2) is 6.10. The van der Waals surface area contributed by atoms with E-state index in [9.17, 15) is 4.79 Å². The highest BCUT2D eigenvalue weighted by Crippen LogP contribution is 2.29. The van der Waals surface area contributed by atoms with E-state index in [-0.39, 0.29) is 6.03 Å². The molecule has 7 heteroatoms. The minimum atomic E-state index is -0.819. The maximum absolute atomic E-state index is 11.5. The summed E-state index contributed by atoms with van der Waals surface area (Å²) in [6, 6.07) is 7.83. The number of aryl methyl sites for hydroxylation is 1. The summed E-state index contributed by atoms with van der Waals surface area (Å²) in [5.41, 5.74) is 7.10. The van der Waals surface area contributed by atoms with Gasteiger partial charge in [-0.2, -0.15) is 5.10 Å². The van der Waals surface area contributed by atoms with Crippen LogP contribution in [0.2, 0.25) is 0 Å². The largest absolute Gasteiger partial charge is 0.354 e. The van der Waals surface area contributed by atoms with Crippen LogP contribution in [0, 0.1) is 6.92 Å². The molecule has 6 nitrogen and oxygen atoms in total. The molecular formula is C12H17N4O2P. The van der Waals surface area contributed by atoms with Crippen molar-refractivity contribution in [3.05, 3.63) is 29.8 Å². The smallest absolute Gasteiger partial charge is 0.256 e. The number of carbonyl (C=O) groups is 1. The van der Waals surface area contributed by atoms with Crippen molar-refractivity contribution in [2.75, 3.05) is 13.2 Å². The molecule has 1 aliphatic rings. The average Bonchev–Trinajstić information content (AvgIpc) is 2.40. The van der Waals surface area contributed by atoms with Crippen LogP contribution in [0.4, 0.5) is 4.79 Å². The van der Waals surface area contributed by atoms with Crippen molar-refractivity contribution >= 4 is 25.2 Å². The van der Waals surface area contributed by atoms with E-state index in [2.05, 4.69) is 16.1 Å². The average molecular weight is 280 g/mol. The summed E-state index contributed by atoms with van der Waals surface area (Å²) in [6.07, 6.45) is 0. The zero-order chi connectivity index (χ0) is 13.8. The van der Waals surface area contributed by atoms with E-state index in [1.54, 1.807) is 0 Å². The lowest BCUT2D eigenvalue weighted by molar-refractivity contribution is 0.0521. The van der Waals surface area contributed by atoms with Crippen molar-refractivity contribution < 1.29 is 9.42 Å². The molecule has 1 heterocycles. The van der Waals surface area contributed by atoms with Gasteiger partial charge in [-0.25, -0.2) is 15.2 Å². The highest BCUT2D eigenvalue weighted by Gasteiger charge is 2.19. The first-order valence-electron chi connectivity index (χ1n) is 5.90. The number of nitrogens with zero attached hydrogens (tertiary/aromatic N) is 2. The molecule has 2 rings (SSSR count). The second-order valence-electron chi connectivity index (χ2n) is 4.37. The zero-order valence-electron chi connectivity index (χ0n) is 11.2. The molecule has 1 aromatic carbocycles. The highest BCUT2D eigenvalue weighted by molar-refractivity contribution is 7.60. The predicted octanol–water partition coefficient (Wildman–Crippen LogP) is 1.48. The predicted molar refractivity (Wildman–Crippen MR) is 76.2 cm³/mol. The van der Waals surface area contributed by atoms with Gasteiger partial charge in [-0.3, -0.25) is 4.62 Å². The number of urea groups is 1. The minimum absolute atomic E-state index is 0.321. The molecule has 0 aromatic heterocycles. The van der Waals surface area contributed by atoms with Crippen molar-refractivity contribution in [2.45, 2.75) is 13.8 Å². The van der Waals surface area contributed by atoms with Gasteiger partial charge >= 0.3 is 6.03 Å². The van der Waals surface area contributed by atoms with Crippen molar-refractivity contribution in [1.29, 1.82) is 0 Å². The number of rotatable bonds is 4. The summed E-state index contributed by atoms with van der Waals surface area (Å²) in [6.45, 7) is 6.27. The molecule has 0 aliphatic carbocycles. The van der Waals surface area contributed by atoms with E-state index in [1.165, 1.54) is 10.6 Å². The van der Waals surface area contributed by atoms with Crippen LogP contribution in [0.25, 0.3) is 0 Å². The molecule has 0 radical (unpaired) electrons. The van der Waals surface area contributed by atoms with Crippen molar-refractivity contribution in [2.24, 2.45) is 5.10 Å². The molecule has 1 unspecified atom stereocenters. The van der Waals surface area contributed by atoms with Crippen LogP contribution in [0.15, 0.2) is 29.4 Å². The summed E-state index contributed by atoms with van der Waals surface area (Å²) in [7, 11) is -0.819. The van der Waals surface area contributed by atoms with Gasteiger partial charge in [0.05, 0.1) is 20.4 Å². The normalized spacial score (nSPS) is 16.9. The number of nitrogens with one attached hydrogen (secondary N) is 2. The maximum Gasteiger partial charge on any atom is 0.354 e. The fraction of sp³-hybridized carbons (Fsp3) is 0.333. The summed E-state index contributed by atoms with van der Waals surface area (Å²) in [5.74, 6) is 0. The lowest BCUT2D eigenvalue weighted by Crippen LogP contribution is -2.51. The van der Waals surface area contributed by atoms with Gasteiger partial charge in [-0.1, -0.05) is 29.8 Å². The lowest BCUT2D eigenvalue weighted by Gasteiger charge is -2.26. The van der Waals surface area contributed by atoms with Crippen molar-refractivity contribution in [1.82, 2.24) is 16.0 Å². The molecule has 0 bridgehead atoms. The molecule has 0 saturated heterocycles. The number of hydrogen-bond acceptors (Lipinski definition) is 4. The van der Waals surface area contributed by atoms with Crippen molar-refractivity contribution in [3.8, 4) is 0 Å². The third-order valence-corrected chi connectivity index (χ3v) is 4.04. The van der Waals surface area contributed by atoms with Gasteiger partial charge in [0, 0.05) is 5.30 Å². The molecule has 0 saturated carbocycles. The Morgan fingerprint density at radius 3 is 2.74 bits per heavy atom. The molecular weight excluding hydrogens is 263 g/mol. The van der Waals surface area contributed by atoms with Gasteiger partial charge in [0.15, 0.2) is 0 Å². The molecule has 2 N–H and O–H groups in total. The summed E-state index contributed by atoms with van der Waals surface area (Å²) in [4.78, 5) is 11.5. The topological polar surface area (TPSA) is 66.0 Å². The quantitative estimate of drug-likeness (QED) is 0.648. The lowest BCUT2D eigenvalue weighted by atomic mass is 10.2. The number of hydrogen-bond donors (Lipinski definition) is 2. The molecule has 1 aliphatic heterocycles. The first kappa shape index (κ1) is 13.9. The first-order chi connectivity index (χ1) is 9.06. The number of carbonyl (C=O) groups excluding carboxylic acids is 1. The van der Waals surface area contributed by atoms with E-state index in [0.717, 1.165) is 11.0 Å². The van der Waals surface area contributed by atoms with Gasteiger partial charge in [0.1, 0.15) is 0 Å². The van der Waals surface area contributed by atoms with Gasteiger partial charge in [0.25, 0.3) is 0 Å². The molecule has 1 aromatic rings. The van der Waals surface area contributed by atoms with Gasteiger partial charge in [0.2, 0.25) is 0 Å². The fourth-order valence-electron chi connectivity index (χ4n) is 1.53. The Bertz CT molecular complexity index is 489. The third kappa shape index (κ3) is 3.73. The summed E-state index contributed by atoms with van der Waals surface area (Å²) in [5, 5.41) is 6.31. The van der Waals surface area contributed by atoms with Crippen LogP contribution in [-0.4, -0.2) is 30.0 Å². The Balaban J connectivity index is 1.90. The van der Waals surface area contributed by atoms with Gasteiger partial charge in [-0.05, 0) is 20.5 Å². The Morgan fingerprint density at radius 1 is 1.37 bits per heavy atom. The van der Waals surface area contributed by atoms with E-state index in [0.29, 0.717) is 6.54 Å². The van der Waals surface area contributed by atoms with Crippen LogP contribution < -0.4 is 16.3 Å². The van der Waals surface area contributed by atoms with Crippen molar-refractivity contribution in [3.63, 3.8) is 0 Å². The van der Waals surface area contributed by atoms with Crippen LogP contribution in [-0.2, 0) is 4.62 Å². The monoisotopic (exact) mass is 280 g/mol. The Kier molecular flexibility index (Phi) is 4.47. The number of amides is 2. The number of benzene rings is 1. The molecule has 102 valence electrons. The van der Waals surface area contributed by atoms with E-state index in [4.69, 9.17) is 4.62 Å². The Morgan fingerprint density at radius 2 is 2.05 bits per heavy atom. The maximum atomic E-state index is 11.5. The molecule has 1 atom stereocenters. The number of hydrazone groups is 1. The Hall–Kier alpha value is -1.49. The molecule has 2 amide bonds. The van der Waals surface area contributed by atoms with Crippen LogP contribution >= 0.6 is 8.15 Å². The first-order valence-corrected chi connectivity index (χ1v) is 7.60. The third-order valence-electron chi connectivity index (χ3n) is 2.66.